The van der Waals surface area contributed by atoms with Crippen molar-refractivity contribution in [1.29, 1.82) is 5.26 Å². The van der Waals surface area contributed by atoms with E-state index in [1.807, 2.05) is 0 Å². The van der Waals surface area contributed by atoms with Gasteiger partial charge in [-0.05, 0) is 38.5 Å². The number of carbonyl (C=O) groups is 1. The molecule has 2 fully saturated rings. The van der Waals surface area contributed by atoms with Crippen molar-refractivity contribution in [3.8, 4) is 34.7 Å². The number of anilines is 2. The van der Waals surface area contributed by atoms with Gasteiger partial charge in [0, 0.05) is 36.1 Å². The second kappa shape index (κ2) is 11.9. The molecular formula is C27H27ClN12O2. The lowest BCUT2D eigenvalue weighted by molar-refractivity contribution is 0.240. The van der Waals surface area contributed by atoms with Crippen molar-refractivity contribution in [3.05, 3.63) is 47.8 Å². The molecule has 42 heavy (non-hydrogen) atoms. The molecule has 0 radical (unpaired) electrons. The number of hydrogen-bond acceptors (Lipinski definition) is 11. The van der Waals surface area contributed by atoms with E-state index >= 15 is 0 Å². The lowest BCUT2D eigenvalue weighted by Gasteiger charge is -2.36. The SMILES string of the molecule is COc1ncc(-c2cnc(N(C(=O)NC3CC3)C3CCC(Nc4ncc(C#N)c(-c5[nH]ncc5Cl)n4)CC3)cn2)cn1. The van der Waals surface area contributed by atoms with Gasteiger partial charge in [0.05, 0.1) is 48.2 Å². The van der Waals surface area contributed by atoms with Gasteiger partial charge in [-0.15, -0.1) is 0 Å². The van der Waals surface area contributed by atoms with Crippen LogP contribution in [0.4, 0.5) is 16.6 Å². The third kappa shape index (κ3) is 5.91. The molecule has 3 N–H and O–H groups in total. The zero-order chi connectivity index (χ0) is 29.1. The fourth-order valence-electron chi connectivity index (χ4n) is 4.90. The Morgan fingerprint density at radius 2 is 1.76 bits per heavy atom. The summed E-state index contributed by atoms with van der Waals surface area (Å²) in [4.78, 5) is 41.4. The summed E-state index contributed by atoms with van der Waals surface area (Å²) in [6, 6.07) is 2.42. The first-order valence-corrected chi connectivity index (χ1v) is 13.9. The monoisotopic (exact) mass is 586 g/mol. The maximum absolute atomic E-state index is 13.4. The molecule has 0 unspecified atom stereocenters. The van der Waals surface area contributed by atoms with Gasteiger partial charge in [0.25, 0.3) is 0 Å². The summed E-state index contributed by atoms with van der Waals surface area (Å²) in [7, 11) is 1.50. The summed E-state index contributed by atoms with van der Waals surface area (Å²) in [5.74, 6) is 0.879. The van der Waals surface area contributed by atoms with Crippen LogP contribution >= 0.6 is 11.6 Å². The number of ether oxygens (including phenoxy) is 1. The van der Waals surface area contributed by atoms with Crippen LogP contribution < -0.4 is 20.3 Å². The lowest BCUT2D eigenvalue weighted by Crippen LogP contribution is -2.49. The van der Waals surface area contributed by atoms with Crippen molar-refractivity contribution in [3.63, 3.8) is 0 Å². The molecule has 4 aromatic rings. The minimum Gasteiger partial charge on any atom is -0.467 e. The second-order valence-corrected chi connectivity index (χ2v) is 10.5. The van der Waals surface area contributed by atoms with E-state index in [0.29, 0.717) is 45.0 Å². The Kier molecular flexibility index (Phi) is 7.74. The molecule has 0 saturated heterocycles. The molecule has 4 heterocycles. The van der Waals surface area contributed by atoms with Crippen LogP contribution in [0.25, 0.3) is 22.6 Å². The molecule has 0 aliphatic heterocycles. The molecule has 15 heteroatoms. The number of amides is 2. The summed E-state index contributed by atoms with van der Waals surface area (Å²) >= 11 is 6.21. The molecule has 2 amide bonds. The normalized spacial score (nSPS) is 18.1. The lowest BCUT2D eigenvalue weighted by atomic mass is 9.90. The summed E-state index contributed by atoms with van der Waals surface area (Å²) in [5, 5.41) is 23.1. The van der Waals surface area contributed by atoms with E-state index in [1.165, 1.54) is 19.5 Å². The molecule has 2 saturated carbocycles. The molecule has 0 spiro atoms. The maximum Gasteiger partial charge on any atom is 0.323 e. The van der Waals surface area contributed by atoms with Crippen LogP contribution in [0, 0.1) is 11.3 Å². The summed E-state index contributed by atoms with van der Waals surface area (Å²) < 4.78 is 5.02. The summed E-state index contributed by atoms with van der Waals surface area (Å²) in [6.07, 6.45) is 14.4. The van der Waals surface area contributed by atoms with E-state index in [2.05, 4.69) is 56.8 Å². The highest BCUT2D eigenvalue weighted by molar-refractivity contribution is 6.32. The van der Waals surface area contributed by atoms with Crippen molar-refractivity contribution in [2.75, 3.05) is 17.3 Å². The van der Waals surface area contributed by atoms with E-state index in [0.717, 1.165) is 38.5 Å². The van der Waals surface area contributed by atoms with Gasteiger partial charge >= 0.3 is 12.0 Å². The van der Waals surface area contributed by atoms with Crippen LogP contribution in [0.5, 0.6) is 6.01 Å². The quantitative estimate of drug-likeness (QED) is 0.273. The number of rotatable bonds is 8. The van der Waals surface area contributed by atoms with Crippen LogP contribution in [0.15, 0.2) is 37.2 Å². The van der Waals surface area contributed by atoms with Gasteiger partial charge in [-0.1, -0.05) is 11.6 Å². The van der Waals surface area contributed by atoms with E-state index in [4.69, 9.17) is 16.3 Å². The zero-order valence-corrected chi connectivity index (χ0v) is 23.4. The Balaban J connectivity index is 1.15. The molecular weight excluding hydrogens is 560 g/mol. The van der Waals surface area contributed by atoms with Crippen molar-refractivity contribution in [2.45, 2.75) is 56.7 Å². The number of nitrogens with zero attached hydrogens (tertiary/aromatic N) is 9. The van der Waals surface area contributed by atoms with Gasteiger partial charge in [0.2, 0.25) is 5.95 Å². The standard InChI is InChI=1S/C27H27ClN12O2/c1-42-26-33-10-16(11-34-26)21-13-31-22(14-30-21)40(27(41)37-18-2-3-18)19-6-4-17(5-7-19)36-25-32-9-15(8-29)23(38-25)24-20(28)12-35-39-24/h9-14,17-19H,2-7H2,1H3,(H,35,39)(H,37,41)(H,32,36,38). The zero-order valence-electron chi connectivity index (χ0n) is 22.7. The van der Waals surface area contributed by atoms with Crippen molar-refractivity contribution < 1.29 is 9.53 Å². The van der Waals surface area contributed by atoms with E-state index < -0.39 is 0 Å². The molecule has 0 atom stereocenters. The number of aromatic amines is 1. The van der Waals surface area contributed by atoms with Gasteiger partial charge in [-0.3, -0.25) is 15.0 Å². The third-order valence-electron chi connectivity index (χ3n) is 7.25. The number of nitriles is 1. The van der Waals surface area contributed by atoms with Gasteiger partial charge in [0.1, 0.15) is 17.5 Å². The molecule has 14 nitrogen and oxygen atoms in total. The number of hydrogen-bond donors (Lipinski definition) is 3. The van der Waals surface area contributed by atoms with E-state index in [9.17, 15) is 10.1 Å². The van der Waals surface area contributed by atoms with E-state index in [-0.39, 0.29) is 30.2 Å². The number of H-pyrrole nitrogens is 1. The smallest absolute Gasteiger partial charge is 0.323 e. The average Bonchev–Trinajstić information content (AvgIpc) is 3.74. The van der Waals surface area contributed by atoms with Crippen molar-refractivity contribution >= 4 is 29.4 Å². The number of carbonyl (C=O) groups excluding carboxylic acids is 1. The van der Waals surface area contributed by atoms with Gasteiger partial charge in [-0.2, -0.15) is 10.4 Å². The van der Waals surface area contributed by atoms with Crippen molar-refractivity contribution in [2.24, 2.45) is 0 Å². The number of halogens is 1. The first-order valence-electron chi connectivity index (χ1n) is 13.5. The largest absolute Gasteiger partial charge is 0.467 e. The number of nitrogens with one attached hydrogen (secondary N) is 3. The van der Waals surface area contributed by atoms with Gasteiger partial charge < -0.3 is 15.4 Å². The predicted octanol–water partition coefficient (Wildman–Crippen LogP) is 3.75. The number of methoxy groups -OCH3 is 1. The molecule has 6 rings (SSSR count). The van der Waals surface area contributed by atoms with Gasteiger partial charge in [-0.25, -0.2) is 29.7 Å². The minimum atomic E-state index is -0.166. The predicted molar refractivity (Wildman–Crippen MR) is 153 cm³/mol. The van der Waals surface area contributed by atoms with Crippen LogP contribution in [0.3, 0.4) is 0 Å². The van der Waals surface area contributed by atoms with E-state index in [1.54, 1.807) is 29.7 Å². The topological polar surface area (TPSA) is 183 Å². The molecule has 214 valence electrons. The van der Waals surface area contributed by atoms with Crippen LogP contribution in [0.2, 0.25) is 5.02 Å². The highest BCUT2D eigenvalue weighted by Crippen LogP contribution is 2.31. The fraction of sp³-hybridized carbons (Fsp3) is 0.370. The molecule has 0 aromatic carbocycles. The maximum atomic E-state index is 13.4. The highest BCUT2D eigenvalue weighted by atomic mass is 35.5. The molecule has 4 aromatic heterocycles. The fourth-order valence-corrected chi connectivity index (χ4v) is 5.08. The Labute approximate surface area is 246 Å². The number of aromatic nitrogens is 8. The summed E-state index contributed by atoms with van der Waals surface area (Å²) in [6.45, 7) is 0. The Bertz CT molecular complexity index is 1590. The Morgan fingerprint density at radius 1 is 1.00 bits per heavy atom. The van der Waals surface area contributed by atoms with Gasteiger partial charge in [0.15, 0.2) is 5.82 Å². The second-order valence-electron chi connectivity index (χ2n) is 10.1. The van der Waals surface area contributed by atoms with Crippen LogP contribution in [-0.2, 0) is 0 Å². The third-order valence-corrected chi connectivity index (χ3v) is 7.54. The average molecular weight is 587 g/mol. The Hall–Kier alpha value is -4.90. The molecule has 2 aliphatic carbocycles. The number of urea groups is 1. The molecule has 0 bridgehead atoms. The first-order chi connectivity index (χ1) is 20.5. The molecule has 2 aliphatic rings. The first kappa shape index (κ1) is 27.3. The summed E-state index contributed by atoms with van der Waals surface area (Å²) in [5.41, 5.74) is 2.43. The van der Waals surface area contributed by atoms with Crippen molar-refractivity contribution in [1.82, 2.24) is 45.4 Å². The Morgan fingerprint density at radius 3 is 2.38 bits per heavy atom. The highest BCUT2D eigenvalue weighted by Gasteiger charge is 2.34. The van der Waals surface area contributed by atoms with Crippen LogP contribution in [0.1, 0.15) is 44.1 Å². The minimum absolute atomic E-state index is 0.0625. The van der Waals surface area contributed by atoms with Crippen LogP contribution in [-0.4, -0.2) is 71.4 Å².